The first-order valence-corrected chi connectivity index (χ1v) is 6.55. The number of carbonyl (C=O) groups is 1. The van der Waals surface area contributed by atoms with Crippen molar-refractivity contribution < 1.29 is 4.79 Å². The first kappa shape index (κ1) is 13.9. The summed E-state index contributed by atoms with van der Waals surface area (Å²) in [5.41, 5.74) is 5.83. The van der Waals surface area contributed by atoms with Gasteiger partial charge in [-0.2, -0.15) is 5.10 Å². The van der Waals surface area contributed by atoms with E-state index in [-0.39, 0.29) is 5.91 Å². The summed E-state index contributed by atoms with van der Waals surface area (Å²) in [7, 11) is 0. The second kappa shape index (κ2) is 6.61. The summed E-state index contributed by atoms with van der Waals surface area (Å²) in [4.78, 5) is 16.1. The lowest BCUT2D eigenvalue weighted by molar-refractivity contribution is 0.0954. The molecule has 0 aliphatic carbocycles. The maximum absolute atomic E-state index is 12.0. The normalized spacial score (nSPS) is 11.2. The van der Waals surface area contributed by atoms with Crippen LogP contribution in [0.5, 0.6) is 0 Å². The molecule has 20 heavy (non-hydrogen) atoms. The molecule has 0 radical (unpaired) electrons. The van der Waals surface area contributed by atoms with Crippen LogP contribution in [0, 0.1) is 6.92 Å². The molecule has 0 aliphatic rings. The van der Waals surface area contributed by atoms with Crippen molar-refractivity contribution in [3.8, 4) is 0 Å². The Morgan fingerprint density at radius 1 is 1.20 bits per heavy atom. The lowest BCUT2D eigenvalue weighted by atomic mass is 10.1. The summed E-state index contributed by atoms with van der Waals surface area (Å²) in [5, 5.41) is 4.22. The van der Waals surface area contributed by atoms with Crippen LogP contribution in [-0.2, 0) is 0 Å². The number of nitrogens with one attached hydrogen (secondary N) is 1. The zero-order valence-corrected chi connectivity index (χ0v) is 11.6. The maximum Gasteiger partial charge on any atom is 0.271 e. The highest BCUT2D eigenvalue weighted by atomic mass is 16.2. The molecule has 1 aromatic heterocycles. The zero-order chi connectivity index (χ0) is 14.4. The first-order chi connectivity index (χ1) is 9.70. The van der Waals surface area contributed by atoms with Gasteiger partial charge in [0, 0.05) is 17.5 Å². The largest absolute Gasteiger partial charge is 0.271 e. The minimum Gasteiger partial charge on any atom is -0.267 e. The fourth-order valence-corrected chi connectivity index (χ4v) is 1.85. The van der Waals surface area contributed by atoms with Crippen molar-refractivity contribution in [2.75, 3.05) is 0 Å². The van der Waals surface area contributed by atoms with Crippen LogP contribution >= 0.6 is 0 Å². The Bertz CT molecular complexity index is 621. The number of pyridine rings is 1. The smallest absolute Gasteiger partial charge is 0.267 e. The Kier molecular flexibility index (Phi) is 4.60. The van der Waals surface area contributed by atoms with Gasteiger partial charge < -0.3 is 0 Å². The van der Waals surface area contributed by atoms with E-state index in [1.165, 1.54) is 0 Å². The van der Waals surface area contributed by atoms with Gasteiger partial charge in [0.15, 0.2) is 0 Å². The van der Waals surface area contributed by atoms with E-state index in [1.54, 1.807) is 18.3 Å². The van der Waals surface area contributed by atoms with Gasteiger partial charge in [-0.1, -0.05) is 37.3 Å². The molecule has 0 saturated carbocycles. The minimum absolute atomic E-state index is 0.225. The third-order valence-electron chi connectivity index (χ3n) is 2.89. The maximum atomic E-state index is 12.0. The molecule has 0 spiro atoms. The highest BCUT2D eigenvalue weighted by molar-refractivity contribution is 6.02. The molecule has 1 amide bonds. The molecule has 0 aliphatic heterocycles. The van der Waals surface area contributed by atoms with Crippen LogP contribution < -0.4 is 5.43 Å². The lowest BCUT2D eigenvalue weighted by Crippen LogP contribution is -2.20. The highest BCUT2D eigenvalue weighted by Gasteiger charge is 2.06. The van der Waals surface area contributed by atoms with Crippen molar-refractivity contribution >= 4 is 11.6 Å². The Hall–Kier alpha value is -2.49. The Morgan fingerprint density at radius 2 is 1.95 bits per heavy atom. The zero-order valence-electron chi connectivity index (χ0n) is 11.6. The van der Waals surface area contributed by atoms with Crippen molar-refractivity contribution in [2.45, 2.75) is 20.3 Å². The van der Waals surface area contributed by atoms with Gasteiger partial charge in [-0.3, -0.25) is 9.78 Å². The predicted molar refractivity (Wildman–Crippen MR) is 79.7 cm³/mol. The number of hydrogen-bond donors (Lipinski definition) is 1. The van der Waals surface area contributed by atoms with Gasteiger partial charge in [-0.25, -0.2) is 5.43 Å². The van der Waals surface area contributed by atoms with Gasteiger partial charge in [-0.15, -0.1) is 0 Å². The molecule has 4 nitrogen and oxygen atoms in total. The molecule has 102 valence electrons. The summed E-state index contributed by atoms with van der Waals surface area (Å²) in [6.07, 6.45) is 2.37. The Balaban J connectivity index is 2.13. The van der Waals surface area contributed by atoms with Crippen LogP contribution in [0.25, 0.3) is 0 Å². The van der Waals surface area contributed by atoms with E-state index in [9.17, 15) is 4.79 Å². The summed E-state index contributed by atoms with van der Waals surface area (Å²) >= 11 is 0. The molecule has 4 heteroatoms. The van der Waals surface area contributed by atoms with E-state index in [2.05, 4.69) is 15.5 Å². The fraction of sp³-hybridized carbons (Fsp3) is 0.188. The number of aryl methyl sites for hydroxylation is 1. The molecular weight excluding hydrogens is 250 g/mol. The number of hydrazone groups is 1. The quantitative estimate of drug-likeness (QED) is 0.684. The number of amides is 1. The van der Waals surface area contributed by atoms with Crippen LogP contribution in [0.1, 0.15) is 35.0 Å². The summed E-state index contributed by atoms with van der Waals surface area (Å²) in [6.45, 7) is 3.86. The van der Waals surface area contributed by atoms with E-state index in [0.29, 0.717) is 5.56 Å². The van der Waals surface area contributed by atoms with Gasteiger partial charge in [-0.05, 0) is 31.0 Å². The summed E-state index contributed by atoms with van der Waals surface area (Å²) < 4.78 is 0. The molecular formula is C16H17N3O. The van der Waals surface area contributed by atoms with Crippen LogP contribution in [0.3, 0.4) is 0 Å². The van der Waals surface area contributed by atoms with Crippen LogP contribution in [0.4, 0.5) is 0 Å². The van der Waals surface area contributed by atoms with Gasteiger partial charge in [0.25, 0.3) is 5.91 Å². The topological polar surface area (TPSA) is 54.4 Å². The average molecular weight is 267 g/mol. The van der Waals surface area contributed by atoms with Crippen LogP contribution in [0.2, 0.25) is 0 Å². The van der Waals surface area contributed by atoms with Crippen molar-refractivity contribution in [3.63, 3.8) is 0 Å². The molecule has 0 bridgehead atoms. The van der Waals surface area contributed by atoms with Gasteiger partial charge in [0.05, 0.1) is 5.71 Å². The molecule has 1 aromatic carbocycles. The molecule has 0 saturated heterocycles. The van der Waals surface area contributed by atoms with Gasteiger partial charge in [0.2, 0.25) is 0 Å². The van der Waals surface area contributed by atoms with Crippen molar-refractivity contribution in [1.82, 2.24) is 10.4 Å². The first-order valence-electron chi connectivity index (χ1n) is 6.55. The highest BCUT2D eigenvalue weighted by Crippen LogP contribution is 2.05. The molecule has 2 rings (SSSR count). The number of hydrogen-bond acceptors (Lipinski definition) is 3. The molecule has 0 unspecified atom stereocenters. The molecule has 0 atom stereocenters. The lowest BCUT2D eigenvalue weighted by Gasteiger charge is -2.05. The van der Waals surface area contributed by atoms with E-state index >= 15 is 0 Å². The number of nitrogens with zero attached hydrogens (tertiary/aromatic N) is 2. The number of rotatable bonds is 4. The van der Waals surface area contributed by atoms with Gasteiger partial charge in [0.1, 0.15) is 0 Å². The Morgan fingerprint density at radius 3 is 2.60 bits per heavy atom. The number of benzene rings is 1. The molecule has 1 N–H and O–H groups in total. The van der Waals surface area contributed by atoms with Gasteiger partial charge >= 0.3 is 0 Å². The minimum atomic E-state index is -0.225. The van der Waals surface area contributed by atoms with E-state index in [4.69, 9.17) is 0 Å². The molecule has 0 fully saturated rings. The second-order valence-electron chi connectivity index (χ2n) is 4.40. The third-order valence-corrected chi connectivity index (χ3v) is 2.89. The van der Waals surface area contributed by atoms with E-state index in [0.717, 1.165) is 23.4 Å². The van der Waals surface area contributed by atoms with E-state index < -0.39 is 0 Å². The molecule has 2 aromatic rings. The van der Waals surface area contributed by atoms with E-state index in [1.807, 2.05) is 44.2 Å². The molecule has 1 heterocycles. The van der Waals surface area contributed by atoms with Crippen LogP contribution in [-0.4, -0.2) is 16.6 Å². The predicted octanol–water partition coefficient (Wildman–Crippen LogP) is 2.93. The fourth-order valence-electron chi connectivity index (χ4n) is 1.85. The summed E-state index contributed by atoms with van der Waals surface area (Å²) in [6, 6.07) is 13.2. The van der Waals surface area contributed by atoms with Crippen LogP contribution in [0.15, 0.2) is 53.8 Å². The number of aromatic nitrogens is 1. The average Bonchev–Trinajstić information content (AvgIpc) is 2.49. The monoisotopic (exact) mass is 267 g/mol. The number of carbonyl (C=O) groups excluding carboxylic acids is 1. The van der Waals surface area contributed by atoms with Crippen molar-refractivity contribution in [3.05, 3.63) is 65.5 Å². The Labute approximate surface area is 118 Å². The van der Waals surface area contributed by atoms with Crippen molar-refractivity contribution in [1.29, 1.82) is 0 Å². The SMILES string of the molecule is CC/C(=N\NC(=O)c1ccnc(C)c1)c1ccccc1. The summed E-state index contributed by atoms with van der Waals surface area (Å²) in [5.74, 6) is -0.225. The standard InChI is InChI=1S/C16H17N3O/c1-3-15(13-7-5-4-6-8-13)18-19-16(20)14-9-10-17-12(2)11-14/h4-11H,3H2,1-2H3,(H,19,20)/b18-15+. The second-order valence-corrected chi connectivity index (χ2v) is 4.40. The third kappa shape index (κ3) is 3.51. The van der Waals surface area contributed by atoms with Crippen molar-refractivity contribution in [2.24, 2.45) is 5.10 Å².